The van der Waals surface area contributed by atoms with E-state index in [-0.39, 0.29) is 18.0 Å². The molecule has 5 nitrogen and oxygen atoms in total. The molecular weight excluding hydrogens is 338 g/mol. The monoisotopic (exact) mass is 362 g/mol. The van der Waals surface area contributed by atoms with Gasteiger partial charge in [0, 0.05) is 36.3 Å². The number of carbonyl (C=O) groups excluding carboxylic acids is 1. The summed E-state index contributed by atoms with van der Waals surface area (Å²) in [5.41, 5.74) is 0.142. The molecule has 1 aliphatic rings. The molecule has 1 aliphatic carbocycles. The number of amides is 1. The van der Waals surface area contributed by atoms with E-state index in [1.165, 1.54) is 18.2 Å². The number of hydrogen-bond donors (Lipinski definition) is 2. The molecule has 1 amide bonds. The average molecular weight is 362 g/mol. The van der Waals surface area contributed by atoms with Crippen molar-refractivity contribution < 1.29 is 13.6 Å². The number of halogens is 2. The van der Waals surface area contributed by atoms with Gasteiger partial charge in [0.15, 0.2) is 0 Å². The van der Waals surface area contributed by atoms with Crippen LogP contribution in [0, 0.1) is 11.6 Å². The van der Waals surface area contributed by atoms with E-state index in [0.717, 1.165) is 18.4 Å². The van der Waals surface area contributed by atoms with Crippen molar-refractivity contribution in [2.45, 2.75) is 37.1 Å². The molecule has 3 rings (SSSR count). The van der Waals surface area contributed by atoms with Crippen LogP contribution < -0.4 is 10.6 Å². The lowest BCUT2D eigenvalue weighted by atomic mass is 9.78. The van der Waals surface area contributed by atoms with Gasteiger partial charge in [0.05, 0.1) is 6.20 Å². The Morgan fingerprint density at radius 2 is 1.96 bits per heavy atom. The Kier molecular flexibility index (Phi) is 5.36. The van der Waals surface area contributed by atoms with Crippen LogP contribution in [0.4, 0.5) is 8.78 Å². The third-order valence-corrected chi connectivity index (χ3v) is 5.26. The molecule has 0 aliphatic heterocycles. The molecule has 26 heavy (non-hydrogen) atoms. The molecule has 0 saturated heterocycles. The second kappa shape index (κ2) is 7.53. The average Bonchev–Trinajstić information content (AvgIpc) is 3.24. The van der Waals surface area contributed by atoms with E-state index in [1.54, 1.807) is 31.2 Å². The summed E-state index contributed by atoms with van der Waals surface area (Å²) in [5, 5.41) is 9.96. The second-order valence-electron chi connectivity index (χ2n) is 6.97. The largest absolute Gasteiger partial charge is 0.354 e. The molecular formula is C19H24F2N4O. The summed E-state index contributed by atoms with van der Waals surface area (Å²) in [7, 11) is 3.47. The molecule has 0 spiro atoms. The van der Waals surface area contributed by atoms with Crippen LogP contribution in [-0.4, -0.2) is 29.3 Å². The van der Waals surface area contributed by atoms with Crippen LogP contribution in [0.2, 0.25) is 0 Å². The minimum Gasteiger partial charge on any atom is -0.354 e. The molecule has 2 N–H and O–H groups in total. The van der Waals surface area contributed by atoms with Crippen molar-refractivity contribution in [1.29, 1.82) is 0 Å². The standard InChI is InChI=1S/C19H24F2N4O/c1-22-17(13-10-24-25(2)11-13)18(26)23-12-19(8-3-4-9-19)16-14(20)6-5-7-15(16)21/h5-7,10-11,17,22H,3-4,8-9,12H2,1-2H3,(H,23,26). The fourth-order valence-corrected chi connectivity index (χ4v) is 3.97. The van der Waals surface area contributed by atoms with Crippen LogP contribution in [0.1, 0.15) is 42.9 Å². The van der Waals surface area contributed by atoms with Crippen LogP contribution in [0.15, 0.2) is 30.6 Å². The van der Waals surface area contributed by atoms with E-state index in [2.05, 4.69) is 15.7 Å². The Morgan fingerprint density at radius 1 is 1.31 bits per heavy atom. The van der Waals surface area contributed by atoms with Crippen LogP contribution in [0.5, 0.6) is 0 Å². The first-order valence-corrected chi connectivity index (χ1v) is 8.85. The van der Waals surface area contributed by atoms with E-state index < -0.39 is 23.1 Å². The molecule has 7 heteroatoms. The minimum absolute atomic E-state index is 0.0974. The second-order valence-corrected chi connectivity index (χ2v) is 6.97. The summed E-state index contributed by atoms with van der Waals surface area (Å²) < 4.78 is 30.4. The Morgan fingerprint density at radius 3 is 2.50 bits per heavy atom. The first-order chi connectivity index (χ1) is 12.5. The highest BCUT2D eigenvalue weighted by Gasteiger charge is 2.40. The van der Waals surface area contributed by atoms with Gasteiger partial charge in [-0.05, 0) is 32.0 Å². The van der Waals surface area contributed by atoms with Crippen molar-refractivity contribution in [3.63, 3.8) is 0 Å². The number of carbonyl (C=O) groups is 1. The number of likely N-dealkylation sites (N-methyl/N-ethyl adjacent to an activating group) is 1. The summed E-state index contributed by atoms with van der Waals surface area (Å²) >= 11 is 0. The Bertz CT molecular complexity index is 763. The smallest absolute Gasteiger partial charge is 0.241 e. The fourth-order valence-electron chi connectivity index (χ4n) is 3.97. The third kappa shape index (κ3) is 3.49. The van der Waals surface area contributed by atoms with E-state index in [9.17, 15) is 13.6 Å². The topological polar surface area (TPSA) is 59.0 Å². The van der Waals surface area contributed by atoms with Gasteiger partial charge in [0.1, 0.15) is 17.7 Å². The highest BCUT2D eigenvalue weighted by molar-refractivity contribution is 5.83. The van der Waals surface area contributed by atoms with Crippen molar-refractivity contribution in [2.24, 2.45) is 7.05 Å². The fraction of sp³-hybridized carbons (Fsp3) is 0.474. The van der Waals surface area contributed by atoms with E-state index in [0.29, 0.717) is 12.8 Å². The molecule has 2 aromatic rings. The number of rotatable bonds is 6. The first-order valence-electron chi connectivity index (χ1n) is 8.85. The molecule has 1 unspecified atom stereocenters. The summed E-state index contributed by atoms with van der Waals surface area (Å²) in [6, 6.07) is 3.38. The van der Waals surface area contributed by atoms with Gasteiger partial charge in [-0.3, -0.25) is 9.48 Å². The highest BCUT2D eigenvalue weighted by atomic mass is 19.1. The zero-order chi connectivity index (χ0) is 18.7. The van der Waals surface area contributed by atoms with Crippen LogP contribution in [-0.2, 0) is 17.3 Å². The lowest BCUT2D eigenvalue weighted by molar-refractivity contribution is -0.123. The molecule has 1 saturated carbocycles. The SMILES string of the molecule is CNC(C(=O)NCC1(c2c(F)cccc2F)CCCC1)c1cnn(C)c1. The Labute approximate surface area is 151 Å². The van der Waals surface area contributed by atoms with Crippen molar-refractivity contribution in [2.75, 3.05) is 13.6 Å². The lowest BCUT2D eigenvalue weighted by Crippen LogP contribution is -2.44. The maximum Gasteiger partial charge on any atom is 0.241 e. The summed E-state index contributed by atoms with van der Waals surface area (Å²) in [5.74, 6) is -1.32. The Hall–Kier alpha value is -2.28. The maximum absolute atomic E-state index is 14.4. The normalized spacial score (nSPS) is 17.2. The van der Waals surface area contributed by atoms with Crippen LogP contribution in [0.25, 0.3) is 0 Å². The van der Waals surface area contributed by atoms with Crippen molar-refractivity contribution in [3.05, 3.63) is 53.4 Å². The Balaban J connectivity index is 1.80. The van der Waals surface area contributed by atoms with Crippen molar-refractivity contribution in [1.82, 2.24) is 20.4 Å². The first kappa shape index (κ1) is 18.5. The van der Waals surface area contributed by atoms with Crippen LogP contribution in [0.3, 0.4) is 0 Å². The number of hydrogen-bond acceptors (Lipinski definition) is 3. The number of nitrogens with one attached hydrogen (secondary N) is 2. The summed E-state index contributed by atoms with van der Waals surface area (Å²) in [6.07, 6.45) is 6.49. The zero-order valence-corrected chi connectivity index (χ0v) is 15.1. The van der Waals surface area contributed by atoms with E-state index in [1.807, 2.05) is 0 Å². The molecule has 1 aromatic heterocycles. The number of aryl methyl sites for hydroxylation is 1. The molecule has 1 aromatic carbocycles. The van der Waals surface area contributed by atoms with Crippen LogP contribution >= 0.6 is 0 Å². The predicted octanol–water partition coefficient (Wildman–Crippen LogP) is 2.59. The lowest BCUT2D eigenvalue weighted by Gasteiger charge is -2.31. The van der Waals surface area contributed by atoms with E-state index in [4.69, 9.17) is 0 Å². The molecule has 1 fully saturated rings. The molecule has 0 radical (unpaired) electrons. The summed E-state index contributed by atoms with van der Waals surface area (Å²) in [6.45, 7) is 0.210. The quantitative estimate of drug-likeness (QED) is 0.830. The van der Waals surface area contributed by atoms with Gasteiger partial charge in [-0.25, -0.2) is 8.78 Å². The van der Waals surface area contributed by atoms with Gasteiger partial charge in [-0.15, -0.1) is 0 Å². The van der Waals surface area contributed by atoms with Gasteiger partial charge in [0.25, 0.3) is 0 Å². The molecule has 140 valence electrons. The summed E-state index contributed by atoms with van der Waals surface area (Å²) in [4.78, 5) is 12.7. The minimum atomic E-state index is -0.696. The predicted molar refractivity (Wildman–Crippen MR) is 94.5 cm³/mol. The van der Waals surface area contributed by atoms with Gasteiger partial charge in [0.2, 0.25) is 5.91 Å². The number of aromatic nitrogens is 2. The molecule has 1 heterocycles. The van der Waals surface area contributed by atoms with Gasteiger partial charge in [-0.2, -0.15) is 5.10 Å². The highest BCUT2D eigenvalue weighted by Crippen LogP contribution is 2.42. The van der Waals surface area contributed by atoms with Crippen molar-refractivity contribution in [3.8, 4) is 0 Å². The molecule has 0 bridgehead atoms. The van der Waals surface area contributed by atoms with Gasteiger partial charge >= 0.3 is 0 Å². The molecule has 1 atom stereocenters. The number of nitrogens with zero attached hydrogens (tertiary/aromatic N) is 2. The number of benzene rings is 1. The third-order valence-electron chi connectivity index (χ3n) is 5.26. The maximum atomic E-state index is 14.4. The van der Waals surface area contributed by atoms with Crippen molar-refractivity contribution >= 4 is 5.91 Å². The van der Waals surface area contributed by atoms with E-state index >= 15 is 0 Å². The zero-order valence-electron chi connectivity index (χ0n) is 15.1. The van der Waals surface area contributed by atoms with Gasteiger partial charge in [-0.1, -0.05) is 18.9 Å². The van der Waals surface area contributed by atoms with Gasteiger partial charge < -0.3 is 10.6 Å².